The Morgan fingerprint density at radius 1 is 1.06 bits per heavy atom. The maximum Gasteiger partial charge on any atom is 0.261 e. The summed E-state index contributed by atoms with van der Waals surface area (Å²) < 4.78 is 8.69. The van der Waals surface area contributed by atoms with Gasteiger partial charge in [0.2, 0.25) is 0 Å². The number of halogens is 1. The van der Waals surface area contributed by atoms with E-state index < -0.39 is 0 Å². The molecule has 5 rings (SSSR count). The fourth-order valence-electron chi connectivity index (χ4n) is 3.70. The minimum Gasteiger partial charge on any atom is -0.378 e. The second-order valence-corrected chi connectivity index (χ2v) is 7.56. The lowest BCUT2D eigenvalue weighted by Gasteiger charge is -2.08. The second kappa shape index (κ2) is 7.94. The van der Waals surface area contributed by atoms with Gasteiger partial charge in [-0.05, 0) is 35.9 Å². The number of hydrogen-bond donors (Lipinski definition) is 0. The number of ether oxygens (including phenoxy) is 1. The van der Waals surface area contributed by atoms with Crippen molar-refractivity contribution >= 4 is 28.2 Å². The zero-order valence-corrected chi connectivity index (χ0v) is 17.5. The number of methoxy groups -OCH3 is 1. The van der Waals surface area contributed by atoms with Gasteiger partial charge in [-0.3, -0.25) is 9.78 Å². The lowest BCUT2D eigenvalue weighted by molar-refractivity contribution is 0.181. The molecule has 0 aliphatic rings. The van der Waals surface area contributed by atoms with Crippen LogP contribution in [0.1, 0.15) is 11.4 Å². The number of hydrogen-bond acceptors (Lipinski definition) is 5. The predicted molar refractivity (Wildman–Crippen MR) is 119 cm³/mol. The van der Waals surface area contributed by atoms with Crippen molar-refractivity contribution in [3.8, 4) is 11.1 Å². The molecule has 0 amide bonds. The molecule has 4 aromatic heterocycles. The molecule has 4 heterocycles. The van der Waals surface area contributed by atoms with E-state index in [-0.39, 0.29) is 5.56 Å². The average molecular weight is 432 g/mol. The van der Waals surface area contributed by atoms with E-state index in [4.69, 9.17) is 21.4 Å². The molecule has 8 heteroatoms. The van der Waals surface area contributed by atoms with Crippen LogP contribution in [0.25, 0.3) is 27.7 Å². The van der Waals surface area contributed by atoms with E-state index in [1.807, 2.05) is 48.5 Å². The summed E-state index contributed by atoms with van der Waals surface area (Å²) >= 11 is 6.06. The number of benzene rings is 1. The third kappa shape index (κ3) is 3.48. The fraction of sp³-hybridized carbons (Fsp3) is 0.130. The second-order valence-electron chi connectivity index (χ2n) is 7.12. The van der Waals surface area contributed by atoms with Gasteiger partial charge in [0, 0.05) is 30.7 Å². The van der Waals surface area contributed by atoms with E-state index in [1.54, 1.807) is 34.8 Å². The molecule has 31 heavy (non-hydrogen) atoms. The van der Waals surface area contributed by atoms with Gasteiger partial charge in [-0.15, -0.1) is 0 Å². The maximum absolute atomic E-state index is 13.1. The molecule has 7 nitrogen and oxygen atoms in total. The highest BCUT2D eigenvalue weighted by Crippen LogP contribution is 2.30. The topological polar surface area (TPSA) is 74.3 Å². The minimum absolute atomic E-state index is 0.144. The van der Waals surface area contributed by atoms with Crippen molar-refractivity contribution in [2.75, 3.05) is 7.11 Å². The van der Waals surface area contributed by atoms with E-state index in [0.29, 0.717) is 34.7 Å². The molecule has 0 bridgehead atoms. The largest absolute Gasteiger partial charge is 0.378 e. The third-order valence-electron chi connectivity index (χ3n) is 5.13. The minimum atomic E-state index is -0.144. The van der Waals surface area contributed by atoms with Gasteiger partial charge in [0.15, 0.2) is 5.65 Å². The van der Waals surface area contributed by atoms with Crippen LogP contribution in [0.2, 0.25) is 5.02 Å². The summed E-state index contributed by atoms with van der Waals surface area (Å²) in [5.74, 6) is 0. The van der Waals surface area contributed by atoms with Crippen molar-refractivity contribution in [1.29, 1.82) is 0 Å². The smallest absolute Gasteiger partial charge is 0.261 e. The van der Waals surface area contributed by atoms with Gasteiger partial charge in [0.05, 0.1) is 41.0 Å². The van der Waals surface area contributed by atoms with Gasteiger partial charge in [0.25, 0.3) is 5.56 Å². The van der Waals surface area contributed by atoms with Crippen LogP contribution < -0.4 is 5.56 Å². The monoisotopic (exact) mass is 431 g/mol. The molecule has 0 spiro atoms. The first-order valence-corrected chi connectivity index (χ1v) is 10.1. The Kier molecular flexibility index (Phi) is 4.97. The van der Waals surface area contributed by atoms with E-state index in [1.165, 1.54) is 0 Å². The average Bonchev–Trinajstić information content (AvgIpc) is 3.15. The van der Waals surface area contributed by atoms with Crippen molar-refractivity contribution in [1.82, 2.24) is 24.1 Å². The van der Waals surface area contributed by atoms with E-state index in [2.05, 4.69) is 9.97 Å². The number of aromatic nitrogens is 5. The molecular weight excluding hydrogens is 414 g/mol. The summed E-state index contributed by atoms with van der Waals surface area (Å²) in [6.45, 7) is 0.706. The first-order valence-electron chi connectivity index (χ1n) is 9.70. The lowest BCUT2D eigenvalue weighted by Crippen LogP contribution is -2.21. The Hall–Kier alpha value is -3.55. The summed E-state index contributed by atoms with van der Waals surface area (Å²) in [5, 5.41) is 5.86. The Bertz CT molecular complexity index is 1440. The Labute approximate surface area is 182 Å². The first-order chi connectivity index (χ1) is 15.2. The quantitative estimate of drug-likeness (QED) is 0.421. The Morgan fingerprint density at radius 3 is 2.65 bits per heavy atom. The van der Waals surface area contributed by atoms with Gasteiger partial charge in [-0.1, -0.05) is 29.8 Å². The van der Waals surface area contributed by atoms with Gasteiger partial charge >= 0.3 is 0 Å². The Morgan fingerprint density at radius 2 is 1.90 bits per heavy atom. The summed E-state index contributed by atoms with van der Waals surface area (Å²) in [5.41, 5.74) is 4.54. The standard InChI is InChI=1S/C23H18ClN5O2/c1-31-14-19-21(15-5-7-16(24)8-6-15)22-26-12-18-20(29(22)27-19)9-11-28(23(18)30)13-17-4-2-3-10-25-17/h2-12H,13-14H2,1H3. The molecule has 0 unspecified atom stereocenters. The molecule has 154 valence electrons. The van der Waals surface area contributed by atoms with Crippen LogP contribution in [0.15, 0.2) is 71.9 Å². The molecule has 0 aliphatic carbocycles. The van der Waals surface area contributed by atoms with Gasteiger partial charge in [0.1, 0.15) is 0 Å². The molecule has 0 atom stereocenters. The van der Waals surface area contributed by atoms with Crippen molar-refractivity contribution in [3.05, 3.63) is 93.9 Å². The normalized spacial score (nSPS) is 11.4. The highest BCUT2D eigenvalue weighted by molar-refractivity contribution is 6.30. The molecule has 0 fully saturated rings. The zero-order valence-electron chi connectivity index (χ0n) is 16.7. The molecule has 1 aromatic carbocycles. The predicted octanol–water partition coefficient (Wildman–Crippen LogP) is 3.95. The highest BCUT2D eigenvalue weighted by atomic mass is 35.5. The van der Waals surface area contributed by atoms with E-state index >= 15 is 0 Å². The van der Waals surface area contributed by atoms with Crippen molar-refractivity contribution in [2.45, 2.75) is 13.2 Å². The van der Waals surface area contributed by atoms with Crippen LogP contribution in [-0.4, -0.2) is 31.3 Å². The van der Waals surface area contributed by atoms with Gasteiger partial charge in [-0.25, -0.2) is 9.50 Å². The van der Waals surface area contributed by atoms with Crippen LogP contribution in [0.3, 0.4) is 0 Å². The number of pyridine rings is 2. The lowest BCUT2D eigenvalue weighted by atomic mass is 10.1. The molecule has 0 N–H and O–H groups in total. The van der Waals surface area contributed by atoms with Crippen LogP contribution in [0, 0.1) is 0 Å². The molecule has 0 saturated heterocycles. The van der Waals surface area contributed by atoms with E-state index in [9.17, 15) is 4.79 Å². The van der Waals surface area contributed by atoms with Gasteiger partial charge < -0.3 is 9.30 Å². The zero-order chi connectivity index (χ0) is 21.4. The Balaban J connectivity index is 1.70. The number of fused-ring (bicyclic) bond motifs is 3. The number of rotatable bonds is 5. The summed E-state index contributed by atoms with van der Waals surface area (Å²) in [7, 11) is 1.62. The van der Waals surface area contributed by atoms with Crippen LogP contribution >= 0.6 is 11.6 Å². The SMILES string of the molecule is COCc1nn2c(ncc3c(=O)n(Cc4ccccn4)ccc32)c1-c1ccc(Cl)cc1. The molecular formula is C23H18ClN5O2. The first kappa shape index (κ1) is 19.4. The number of nitrogens with zero attached hydrogens (tertiary/aromatic N) is 5. The molecule has 5 aromatic rings. The summed E-state index contributed by atoms with van der Waals surface area (Å²) in [4.78, 5) is 22.0. The fourth-order valence-corrected chi connectivity index (χ4v) is 3.82. The highest BCUT2D eigenvalue weighted by Gasteiger charge is 2.18. The van der Waals surface area contributed by atoms with Crippen molar-refractivity contribution < 1.29 is 4.74 Å². The van der Waals surface area contributed by atoms with Crippen molar-refractivity contribution in [3.63, 3.8) is 0 Å². The van der Waals surface area contributed by atoms with Crippen LogP contribution in [-0.2, 0) is 17.9 Å². The van der Waals surface area contributed by atoms with Gasteiger partial charge in [-0.2, -0.15) is 5.10 Å². The maximum atomic E-state index is 13.1. The van der Waals surface area contributed by atoms with Crippen LogP contribution in [0.4, 0.5) is 0 Å². The summed E-state index contributed by atoms with van der Waals surface area (Å²) in [6, 6.07) is 15.0. The van der Waals surface area contributed by atoms with Crippen LogP contribution in [0.5, 0.6) is 0 Å². The summed E-state index contributed by atoms with van der Waals surface area (Å²) in [6.07, 6.45) is 5.09. The molecule has 0 radical (unpaired) electrons. The van der Waals surface area contributed by atoms with E-state index in [0.717, 1.165) is 22.5 Å². The van der Waals surface area contributed by atoms with Crippen molar-refractivity contribution in [2.24, 2.45) is 0 Å². The third-order valence-corrected chi connectivity index (χ3v) is 5.38. The molecule has 0 aliphatic heterocycles. The molecule has 0 saturated carbocycles.